The highest BCUT2D eigenvalue weighted by atomic mass is 16.6. The van der Waals surface area contributed by atoms with Gasteiger partial charge in [-0.05, 0) is 96.3 Å². The Morgan fingerprint density at radius 3 is 0.699 bits per heavy atom. The fourth-order valence-corrected chi connectivity index (χ4v) is 10.7. The van der Waals surface area contributed by atoms with Gasteiger partial charge in [0, 0.05) is 19.3 Å². The lowest BCUT2D eigenvalue weighted by Crippen LogP contribution is -2.30. The van der Waals surface area contributed by atoms with Crippen LogP contribution in [0.3, 0.4) is 0 Å². The molecule has 0 rings (SSSR count). The Balaban J connectivity index is 4.37. The number of allylic oxidation sites excluding steroid dienone is 12. The summed E-state index contributed by atoms with van der Waals surface area (Å²) in [6.07, 6.45) is 93.5. The molecule has 0 saturated carbocycles. The average Bonchev–Trinajstić information content (AvgIpc) is 3.49. The Hall–Kier alpha value is -3.15. The molecule has 0 bridgehead atoms. The van der Waals surface area contributed by atoms with E-state index in [1.54, 1.807) is 0 Å². The quantitative estimate of drug-likeness (QED) is 0.0261. The van der Waals surface area contributed by atoms with Crippen LogP contribution in [-0.2, 0) is 28.6 Å². The molecule has 0 aromatic rings. The maximum Gasteiger partial charge on any atom is 0.306 e. The second kappa shape index (κ2) is 71.3. The van der Waals surface area contributed by atoms with Crippen molar-refractivity contribution in [2.24, 2.45) is 0 Å². The van der Waals surface area contributed by atoms with Crippen LogP contribution in [0.1, 0.15) is 380 Å². The Morgan fingerprint density at radius 1 is 0.241 bits per heavy atom. The lowest BCUT2D eigenvalue weighted by atomic mass is 10.0. The molecule has 1 unspecified atom stereocenters. The number of rotatable bonds is 67. The van der Waals surface area contributed by atoms with E-state index in [1.807, 2.05) is 0 Å². The first-order chi connectivity index (χ1) is 41.0. The van der Waals surface area contributed by atoms with E-state index >= 15 is 0 Å². The molecule has 1 atom stereocenters. The highest BCUT2D eigenvalue weighted by molar-refractivity contribution is 5.71. The molecule has 0 saturated heterocycles. The summed E-state index contributed by atoms with van der Waals surface area (Å²) < 4.78 is 17.0. The molecule has 0 amide bonds. The molecule has 0 N–H and O–H groups in total. The molecular formula is C77H138O6. The Morgan fingerprint density at radius 2 is 0.434 bits per heavy atom. The van der Waals surface area contributed by atoms with Crippen molar-refractivity contribution in [3.05, 3.63) is 72.9 Å². The van der Waals surface area contributed by atoms with Crippen LogP contribution < -0.4 is 0 Å². The average molecular weight is 1160 g/mol. The minimum atomic E-state index is -0.786. The van der Waals surface area contributed by atoms with Gasteiger partial charge in [0.25, 0.3) is 0 Å². The Bertz CT molecular complexity index is 1520. The monoisotopic (exact) mass is 1160 g/mol. The first-order valence-corrected chi connectivity index (χ1v) is 36.4. The summed E-state index contributed by atoms with van der Waals surface area (Å²) in [5, 5.41) is 0. The van der Waals surface area contributed by atoms with Crippen LogP contribution >= 0.6 is 0 Å². The molecule has 0 aliphatic carbocycles. The van der Waals surface area contributed by atoms with Crippen molar-refractivity contribution >= 4 is 17.9 Å². The number of unbranched alkanes of at least 4 members (excludes halogenated alkanes) is 44. The predicted octanol–water partition coefficient (Wildman–Crippen LogP) is 25.2. The summed E-state index contributed by atoms with van der Waals surface area (Å²) in [5.74, 6) is -0.876. The van der Waals surface area contributed by atoms with E-state index in [9.17, 15) is 14.4 Å². The van der Waals surface area contributed by atoms with Crippen molar-refractivity contribution in [3.63, 3.8) is 0 Å². The summed E-state index contributed by atoms with van der Waals surface area (Å²) >= 11 is 0. The van der Waals surface area contributed by atoms with Gasteiger partial charge in [0.2, 0.25) is 0 Å². The zero-order chi connectivity index (χ0) is 59.9. The first-order valence-electron chi connectivity index (χ1n) is 36.4. The minimum absolute atomic E-state index is 0.0805. The molecular weight excluding hydrogens is 1020 g/mol. The van der Waals surface area contributed by atoms with E-state index in [2.05, 4.69) is 93.7 Å². The SMILES string of the molecule is CCCCC/C=C\C/C=C\C/C=C\CCCCCCCCC(=O)OCC(COC(=O)CCCCCCCCCC/C=C\C/C=C\C/C=C\CCCCCCC)OC(=O)CCCCCCCCCCCCCCCCCCCCCCCCC. The highest BCUT2D eigenvalue weighted by Gasteiger charge is 2.19. The largest absolute Gasteiger partial charge is 0.462 e. The molecule has 83 heavy (non-hydrogen) atoms. The van der Waals surface area contributed by atoms with Crippen molar-refractivity contribution < 1.29 is 28.6 Å². The van der Waals surface area contributed by atoms with Gasteiger partial charge in [-0.1, -0.05) is 338 Å². The predicted molar refractivity (Wildman–Crippen MR) is 362 cm³/mol. The van der Waals surface area contributed by atoms with Crippen molar-refractivity contribution in [1.82, 2.24) is 0 Å². The van der Waals surface area contributed by atoms with Crippen LogP contribution in [0, 0.1) is 0 Å². The molecule has 0 heterocycles. The molecule has 6 nitrogen and oxygen atoms in total. The van der Waals surface area contributed by atoms with E-state index in [0.717, 1.165) is 96.3 Å². The lowest BCUT2D eigenvalue weighted by molar-refractivity contribution is -0.167. The number of ether oxygens (including phenoxy) is 3. The molecule has 482 valence electrons. The Labute approximate surface area is 516 Å². The maximum atomic E-state index is 13.0. The highest BCUT2D eigenvalue weighted by Crippen LogP contribution is 2.18. The second-order valence-electron chi connectivity index (χ2n) is 24.5. The van der Waals surface area contributed by atoms with Crippen LogP contribution in [0.2, 0.25) is 0 Å². The van der Waals surface area contributed by atoms with Crippen LogP contribution in [0.25, 0.3) is 0 Å². The van der Waals surface area contributed by atoms with E-state index < -0.39 is 6.10 Å². The van der Waals surface area contributed by atoms with Gasteiger partial charge in [0.1, 0.15) is 13.2 Å². The zero-order valence-corrected chi connectivity index (χ0v) is 55.5. The summed E-state index contributed by atoms with van der Waals surface area (Å²) in [4.78, 5) is 38.5. The van der Waals surface area contributed by atoms with Crippen LogP contribution in [0.5, 0.6) is 0 Å². The van der Waals surface area contributed by atoms with Gasteiger partial charge in [-0.2, -0.15) is 0 Å². The van der Waals surface area contributed by atoms with E-state index in [1.165, 1.54) is 244 Å². The van der Waals surface area contributed by atoms with Gasteiger partial charge in [0.05, 0.1) is 0 Å². The number of hydrogen-bond acceptors (Lipinski definition) is 6. The summed E-state index contributed by atoms with van der Waals surface area (Å²) in [6.45, 7) is 6.65. The van der Waals surface area contributed by atoms with E-state index in [0.29, 0.717) is 19.3 Å². The fraction of sp³-hybridized carbons (Fsp3) is 0.805. The maximum absolute atomic E-state index is 13.0. The van der Waals surface area contributed by atoms with Crippen molar-refractivity contribution in [2.45, 2.75) is 386 Å². The summed E-state index contributed by atoms with van der Waals surface area (Å²) in [5.41, 5.74) is 0. The van der Waals surface area contributed by atoms with Gasteiger partial charge >= 0.3 is 17.9 Å². The molecule has 0 aromatic heterocycles. The van der Waals surface area contributed by atoms with Gasteiger partial charge in [-0.25, -0.2) is 0 Å². The van der Waals surface area contributed by atoms with Crippen LogP contribution in [0.15, 0.2) is 72.9 Å². The minimum Gasteiger partial charge on any atom is -0.462 e. The normalized spacial score (nSPS) is 12.5. The van der Waals surface area contributed by atoms with Crippen molar-refractivity contribution in [2.75, 3.05) is 13.2 Å². The lowest BCUT2D eigenvalue weighted by Gasteiger charge is -2.18. The van der Waals surface area contributed by atoms with Gasteiger partial charge in [-0.15, -0.1) is 0 Å². The Kier molecular flexibility index (Phi) is 68.6. The number of carbonyl (C=O) groups is 3. The topological polar surface area (TPSA) is 78.9 Å². The van der Waals surface area contributed by atoms with Gasteiger partial charge in [0.15, 0.2) is 6.10 Å². The number of carbonyl (C=O) groups excluding carboxylic acids is 3. The fourth-order valence-electron chi connectivity index (χ4n) is 10.7. The number of hydrogen-bond donors (Lipinski definition) is 0. The molecule has 0 fully saturated rings. The van der Waals surface area contributed by atoms with Crippen molar-refractivity contribution in [3.8, 4) is 0 Å². The third-order valence-corrected chi connectivity index (χ3v) is 16.2. The molecule has 0 aliphatic rings. The third-order valence-electron chi connectivity index (χ3n) is 16.2. The molecule has 0 radical (unpaired) electrons. The van der Waals surface area contributed by atoms with Crippen LogP contribution in [-0.4, -0.2) is 37.2 Å². The molecule has 0 aromatic carbocycles. The standard InChI is InChI=1S/C77H138O6/c1-4-7-10-13-16-19-22-25-28-31-34-36-38-40-43-46-49-52-55-58-61-64-67-70-76(79)82-73-74(72-81-75(78)69-66-63-60-57-54-51-48-45-42-33-30-27-24-21-18-15-12-9-6-3)83-77(80)71-68-65-62-59-56-53-50-47-44-41-39-37-35-32-29-26-23-20-17-14-11-8-5-2/h18,21-22,25,27,30-31,34,38,40,42,45,74H,4-17,19-20,23-24,26,28-29,32-33,35-37,39,41,43-44,46-73H2,1-3H3/b21-18-,25-22-,30-27-,34-31-,40-38-,45-42-. The third kappa shape index (κ3) is 69.5. The summed E-state index contributed by atoms with van der Waals surface area (Å²) in [7, 11) is 0. The molecule has 0 spiro atoms. The van der Waals surface area contributed by atoms with E-state index in [4.69, 9.17) is 14.2 Å². The van der Waals surface area contributed by atoms with E-state index in [-0.39, 0.29) is 31.1 Å². The number of esters is 3. The summed E-state index contributed by atoms with van der Waals surface area (Å²) in [6, 6.07) is 0. The van der Waals surface area contributed by atoms with Crippen molar-refractivity contribution in [1.29, 1.82) is 0 Å². The second-order valence-corrected chi connectivity index (χ2v) is 24.5. The molecule has 6 heteroatoms. The van der Waals surface area contributed by atoms with Gasteiger partial charge < -0.3 is 14.2 Å². The first kappa shape index (κ1) is 79.8. The molecule has 0 aliphatic heterocycles. The van der Waals surface area contributed by atoms with Crippen LogP contribution in [0.4, 0.5) is 0 Å². The van der Waals surface area contributed by atoms with Gasteiger partial charge in [-0.3, -0.25) is 14.4 Å². The smallest absolute Gasteiger partial charge is 0.306 e. The zero-order valence-electron chi connectivity index (χ0n) is 55.5.